The van der Waals surface area contributed by atoms with Crippen LogP contribution in [0.4, 0.5) is 0 Å². The fourth-order valence-corrected chi connectivity index (χ4v) is 4.41. The average Bonchev–Trinajstić information content (AvgIpc) is 2.68. The number of nitrogens with zero attached hydrogens (tertiary/aromatic N) is 2. The topological polar surface area (TPSA) is 108 Å². The van der Waals surface area contributed by atoms with Crippen LogP contribution in [0.25, 0.3) is 0 Å². The molecule has 0 saturated carbocycles. The maximum atomic E-state index is 13.1. The van der Waals surface area contributed by atoms with Gasteiger partial charge in [-0.1, -0.05) is 0 Å². The molecular weight excluding hydrogens is 362 g/mol. The quantitative estimate of drug-likeness (QED) is 0.486. The number of hydrogen-bond acceptors (Lipinski definition) is 7. The Labute approximate surface area is 153 Å². The predicted octanol–water partition coefficient (Wildman–Crippen LogP) is 0.260. The minimum absolute atomic E-state index is 0.0563. The minimum atomic E-state index is -3.84. The zero-order valence-electron chi connectivity index (χ0n) is 14.9. The molecule has 0 radical (unpaired) electrons. The maximum absolute atomic E-state index is 13.1. The average molecular weight is 387 g/mol. The molecule has 9 nitrogen and oxygen atoms in total. The van der Waals surface area contributed by atoms with E-state index in [0.29, 0.717) is 32.1 Å². The van der Waals surface area contributed by atoms with Crippen LogP contribution in [-0.2, 0) is 19.6 Å². The highest BCUT2D eigenvalue weighted by Gasteiger charge is 2.33. The van der Waals surface area contributed by atoms with Gasteiger partial charge >= 0.3 is 0 Å². The van der Waals surface area contributed by atoms with E-state index in [-0.39, 0.29) is 17.9 Å². The summed E-state index contributed by atoms with van der Waals surface area (Å²) < 4.78 is 38.0. The number of morpholine rings is 1. The monoisotopic (exact) mass is 387 g/mol. The van der Waals surface area contributed by atoms with Gasteiger partial charge in [0.15, 0.2) is 0 Å². The van der Waals surface area contributed by atoms with Crippen LogP contribution in [0.15, 0.2) is 29.2 Å². The molecule has 1 unspecified atom stereocenters. The molecule has 1 heterocycles. The van der Waals surface area contributed by atoms with Crippen LogP contribution in [0.5, 0.6) is 5.75 Å². The van der Waals surface area contributed by atoms with E-state index in [1.807, 2.05) is 4.90 Å². The third-order valence-corrected chi connectivity index (χ3v) is 6.31. The number of hydroxylamine groups is 1. The lowest BCUT2D eigenvalue weighted by Crippen LogP contribution is -2.53. The smallest absolute Gasteiger partial charge is 0.244 e. The fraction of sp³-hybridized carbons (Fsp3) is 0.562. The Kier molecular flexibility index (Phi) is 7.35. The van der Waals surface area contributed by atoms with Gasteiger partial charge in [-0.15, -0.1) is 0 Å². The van der Waals surface area contributed by atoms with E-state index in [1.54, 1.807) is 19.1 Å². The van der Waals surface area contributed by atoms with E-state index in [1.165, 1.54) is 29.0 Å². The summed E-state index contributed by atoms with van der Waals surface area (Å²) in [6.07, 6.45) is -0.613. The molecule has 0 aromatic heterocycles. The third kappa shape index (κ3) is 4.92. The van der Waals surface area contributed by atoms with Gasteiger partial charge in [0.2, 0.25) is 15.9 Å². The van der Waals surface area contributed by atoms with Crippen molar-refractivity contribution < 1.29 is 27.9 Å². The molecule has 146 valence electrons. The number of hydrogen-bond donors (Lipinski definition) is 2. The molecule has 2 N–H and O–H groups in total. The van der Waals surface area contributed by atoms with Gasteiger partial charge in [-0.25, -0.2) is 13.9 Å². The maximum Gasteiger partial charge on any atom is 0.244 e. The molecule has 0 aliphatic carbocycles. The molecule has 0 bridgehead atoms. The van der Waals surface area contributed by atoms with E-state index in [9.17, 15) is 13.2 Å². The predicted molar refractivity (Wildman–Crippen MR) is 93.3 cm³/mol. The zero-order chi connectivity index (χ0) is 19.2. The number of rotatable bonds is 8. The highest BCUT2D eigenvalue weighted by molar-refractivity contribution is 7.89. The molecule has 0 spiro atoms. The normalized spacial score (nSPS) is 17.1. The Morgan fingerprint density at radius 1 is 1.35 bits per heavy atom. The molecule has 2 rings (SSSR count). The molecule has 1 atom stereocenters. The van der Waals surface area contributed by atoms with Crippen LogP contribution in [0.3, 0.4) is 0 Å². The molecule has 1 amide bonds. The van der Waals surface area contributed by atoms with Crippen molar-refractivity contribution >= 4 is 15.9 Å². The summed E-state index contributed by atoms with van der Waals surface area (Å²) in [6, 6.07) is 6.09. The Morgan fingerprint density at radius 3 is 2.50 bits per heavy atom. The summed E-state index contributed by atoms with van der Waals surface area (Å²) in [5.74, 6) is -0.0921. The molecule has 1 aliphatic rings. The van der Waals surface area contributed by atoms with Crippen LogP contribution < -0.4 is 10.2 Å². The number of sulfonamides is 1. The number of methoxy groups -OCH3 is 1. The summed E-state index contributed by atoms with van der Waals surface area (Å²) >= 11 is 0. The van der Waals surface area contributed by atoms with Crippen molar-refractivity contribution in [1.29, 1.82) is 0 Å². The Morgan fingerprint density at radius 2 is 1.96 bits per heavy atom. The van der Waals surface area contributed by atoms with E-state index in [0.717, 1.165) is 0 Å². The molecular formula is C16H25N3O6S. The summed E-state index contributed by atoms with van der Waals surface area (Å²) in [6.45, 7) is 3.97. The molecule has 26 heavy (non-hydrogen) atoms. The van der Waals surface area contributed by atoms with Gasteiger partial charge in [-0.2, -0.15) is 4.31 Å². The highest BCUT2D eigenvalue weighted by atomic mass is 32.2. The third-order valence-electron chi connectivity index (χ3n) is 4.34. The number of ether oxygens (including phenoxy) is 2. The standard InChI is InChI=1S/C16H25N3O6S/c1-13(18-9-11-25-12-10-18)19(8-7-16(20)17-21)26(22,23)15-5-3-14(24-2)4-6-15/h3-6,13,21H,7-12H2,1-2H3,(H,17,20). The first kappa shape index (κ1) is 20.6. The summed E-state index contributed by atoms with van der Waals surface area (Å²) in [7, 11) is -2.34. The highest BCUT2D eigenvalue weighted by Crippen LogP contribution is 2.23. The van der Waals surface area contributed by atoms with E-state index >= 15 is 0 Å². The lowest BCUT2D eigenvalue weighted by molar-refractivity contribution is -0.129. The molecule has 1 aromatic rings. The SMILES string of the molecule is COc1ccc(S(=O)(=O)N(CCC(=O)NO)C(C)N2CCOCC2)cc1. The number of carbonyl (C=O) groups excluding carboxylic acids is 1. The molecule has 1 aliphatic heterocycles. The molecule has 10 heteroatoms. The van der Waals surface area contributed by atoms with Gasteiger partial charge in [-0.3, -0.25) is 14.9 Å². The number of carbonyl (C=O) groups is 1. The first-order valence-electron chi connectivity index (χ1n) is 8.30. The van der Waals surface area contributed by atoms with Gasteiger partial charge in [-0.05, 0) is 31.2 Å². The Bertz CT molecular complexity index is 688. The van der Waals surface area contributed by atoms with Crippen LogP contribution in [0, 0.1) is 0 Å². The van der Waals surface area contributed by atoms with Gasteiger partial charge in [0.05, 0.1) is 31.4 Å². The van der Waals surface area contributed by atoms with Crippen LogP contribution in [0.1, 0.15) is 13.3 Å². The zero-order valence-corrected chi connectivity index (χ0v) is 15.7. The van der Waals surface area contributed by atoms with Crippen molar-refractivity contribution in [2.24, 2.45) is 0 Å². The Balaban J connectivity index is 2.28. The molecule has 1 fully saturated rings. The second-order valence-electron chi connectivity index (χ2n) is 5.86. The summed E-state index contributed by atoms with van der Waals surface area (Å²) in [5.41, 5.74) is 1.53. The summed E-state index contributed by atoms with van der Waals surface area (Å²) in [5, 5.41) is 8.70. The van der Waals surface area contributed by atoms with Crippen LogP contribution in [-0.4, -0.2) is 74.9 Å². The summed E-state index contributed by atoms with van der Waals surface area (Å²) in [4.78, 5) is 13.5. The van der Waals surface area contributed by atoms with Crippen LogP contribution >= 0.6 is 0 Å². The second kappa shape index (κ2) is 9.28. The minimum Gasteiger partial charge on any atom is -0.497 e. The van der Waals surface area contributed by atoms with Crippen molar-refractivity contribution in [3.63, 3.8) is 0 Å². The molecule has 1 aromatic carbocycles. The van der Waals surface area contributed by atoms with Gasteiger partial charge < -0.3 is 9.47 Å². The largest absolute Gasteiger partial charge is 0.497 e. The van der Waals surface area contributed by atoms with Gasteiger partial charge in [0.25, 0.3) is 0 Å². The Hall–Kier alpha value is -1.72. The first-order valence-corrected chi connectivity index (χ1v) is 9.74. The lowest BCUT2D eigenvalue weighted by Gasteiger charge is -2.38. The van der Waals surface area contributed by atoms with Crippen molar-refractivity contribution in [3.05, 3.63) is 24.3 Å². The first-order chi connectivity index (χ1) is 12.4. The lowest BCUT2D eigenvalue weighted by atomic mass is 10.3. The van der Waals surface area contributed by atoms with E-state index in [4.69, 9.17) is 14.7 Å². The number of amides is 1. The van der Waals surface area contributed by atoms with Gasteiger partial charge in [0, 0.05) is 26.1 Å². The number of nitrogens with one attached hydrogen (secondary N) is 1. The van der Waals surface area contributed by atoms with E-state index in [2.05, 4.69) is 0 Å². The van der Waals surface area contributed by atoms with Crippen molar-refractivity contribution in [3.8, 4) is 5.75 Å². The molecule has 1 saturated heterocycles. The van der Waals surface area contributed by atoms with Crippen molar-refractivity contribution in [2.45, 2.75) is 24.4 Å². The van der Waals surface area contributed by atoms with E-state index < -0.39 is 22.1 Å². The van der Waals surface area contributed by atoms with Crippen molar-refractivity contribution in [2.75, 3.05) is 40.0 Å². The van der Waals surface area contributed by atoms with Crippen LogP contribution in [0.2, 0.25) is 0 Å². The number of benzene rings is 1. The van der Waals surface area contributed by atoms with Gasteiger partial charge in [0.1, 0.15) is 5.75 Å². The fourth-order valence-electron chi connectivity index (χ4n) is 2.79. The van der Waals surface area contributed by atoms with Crippen molar-refractivity contribution in [1.82, 2.24) is 14.7 Å². The second-order valence-corrected chi connectivity index (χ2v) is 7.75.